The lowest BCUT2D eigenvalue weighted by Crippen LogP contribution is -2.36. The van der Waals surface area contributed by atoms with Crippen molar-refractivity contribution in [3.05, 3.63) is 154 Å². The fourth-order valence-electron chi connectivity index (χ4n) is 6.26. The predicted octanol–water partition coefficient (Wildman–Crippen LogP) is 8.34. The molecule has 2 heterocycles. The van der Waals surface area contributed by atoms with Crippen LogP contribution >= 0.6 is 0 Å². The summed E-state index contributed by atoms with van der Waals surface area (Å²) in [6.07, 6.45) is 7.93. The number of aromatic nitrogens is 1. The van der Waals surface area contributed by atoms with Gasteiger partial charge in [-0.25, -0.2) is 10.1 Å². The van der Waals surface area contributed by atoms with Gasteiger partial charge in [-0.05, 0) is 58.7 Å². The summed E-state index contributed by atoms with van der Waals surface area (Å²) in [4.78, 5) is 3.51. The van der Waals surface area contributed by atoms with E-state index in [1.807, 2.05) is 18.2 Å². The van der Waals surface area contributed by atoms with Crippen LogP contribution in [0.3, 0.4) is 0 Å². The molecule has 0 N–H and O–H groups in total. The molecular formula is C36H25N3O. The molecule has 7 rings (SSSR count). The van der Waals surface area contributed by atoms with Crippen LogP contribution in [0.25, 0.3) is 38.4 Å². The van der Waals surface area contributed by atoms with E-state index in [0.29, 0.717) is 12.2 Å². The minimum atomic E-state index is -0.472. The third-order valence-electron chi connectivity index (χ3n) is 8.00. The Morgan fingerprint density at radius 3 is 2.00 bits per heavy atom. The molecule has 4 heteroatoms. The van der Waals surface area contributed by atoms with Crippen LogP contribution < -0.4 is 0 Å². The van der Waals surface area contributed by atoms with Gasteiger partial charge in [0.05, 0.1) is 23.7 Å². The second-order valence-corrected chi connectivity index (χ2v) is 10.5. The highest BCUT2D eigenvalue weighted by molar-refractivity contribution is 6.09. The number of fused-ring (bicyclic) bond motifs is 4. The Morgan fingerprint density at radius 2 is 1.40 bits per heavy atom. The molecule has 1 aliphatic carbocycles. The van der Waals surface area contributed by atoms with Crippen LogP contribution in [0.15, 0.2) is 126 Å². The quantitative estimate of drug-likeness (QED) is 0.179. The molecule has 0 saturated carbocycles. The second-order valence-electron chi connectivity index (χ2n) is 10.5. The SMILES string of the molecule is [C-]#[N+]C(C#N)=C1C=C(C=Cc2ccc(-n3c4ccccc4c4ccccc43)cc2)OC2(C1)Cc1ccccc1C2. The van der Waals surface area contributed by atoms with Gasteiger partial charge in [0.15, 0.2) is 0 Å². The first-order chi connectivity index (χ1) is 19.7. The largest absolute Gasteiger partial charge is 0.486 e. The topological polar surface area (TPSA) is 42.3 Å². The standard InChI is InChI=1S/C36H25N3O/c1-38-33(24-37)28-20-30(40-36(23-28)21-26-8-2-3-9-27(26)22-36)19-16-25-14-17-29(18-15-25)39-34-12-6-4-10-31(34)32-11-5-7-13-35(32)39/h2-20H,21-23H2. The molecule has 0 bridgehead atoms. The van der Waals surface area contributed by atoms with Gasteiger partial charge in [-0.15, -0.1) is 0 Å². The molecule has 0 atom stereocenters. The lowest BCUT2D eigenvalue weighted by Gasteiger charge is -2.35. The van der Waals surface area contributed by atoms with E-state index in [4.69, 9.17) is 11.3 Å². The van der Waals surface area contributed by atoms with E-state index >= 15 is 0 Å². The van der Waals surface area contributed by atoms with Gasteiger partial charge in [0.25, 0.3) is 5.70 Å². The van der Waals surface area contributed by atoms with Crippen molar-refractivity contribution >= 4 is 27.9 Å². The summed E-state index contributed by atoms with van der Waals surface area (Å²) in [5, 5.41) is 12.1. The molecule has 0 unspecified atom stereocenters. The smallest absolute Gasteiger partial charge is 0.265 e. The van der Waals surface area contributed by atoms with E-state index < -0.39 is 5.60 Å². The van der Waals surface area contributed by atoms with Crippen LogP contribution in [-0.4, -0.2) is 10.2 Å². The molecule has 2 aliphatic rings. The van der Waals surface area contributed by atoms with E-state index in [0.717, 1.165) is 29.7 Å². The maximum absolute atomic E-state index is 9.60. The molecule has 5 aromatic rings. The number of ether oxygens (including phenoxy) is 1. The number of hydrogen-bond acceptors (Lipinski definition) is 2. The third kappa shape index (κ3) is 3.99. The zero-order chi connectivity index (χ0) is 27.1. The van der Waals surface area contributed by atoms with Gasteiger partial charge < -0.3 is 9.30 Å². The van der Waals surface area contributed by atoms with Gasteiger partial charge in [0.1, 0.15) is 11.4 Å². The van der Waals surface area contributed by atoms with Crippen LogP contribution in [0.4, 0.5) is 0 Å². The monoisotopic (exact) mass is 515 g/mol. The Labute approximate surface area is 233 Å². The van der Waals surface area contributed by atoms with Crippen molar-refractivity contribution in [2.24, 2.45) is 0 Å². The summed E-state index contributed by atoms with van der Waals surface area (Å²) in [7, 11) is 0. The number of hydrogen-bond donors (Lipinski definition) is 0. The average Bonchev–Trinajstić information content (AvgIpc) is 3.52. The number of nitrogens with zero attached hydrogens (tertiary/aromatic N) is 3. The fourth-order valence-corrected chi connectivity index (χ4v) is 6.26. The molecule has 0 radical (unpaired) electrons. The van der Waals surface area contributed by atoms with Crippen molar-refractivity contribution in [1.82, 2.24) is 4.57 Å². The molecule has 4 nitrogen and oxygen atoms in total. The van der Waals surface area contributed by atoms with E-state index in [2.05, 4.69) is 113 Å². The van der Waals surface area contributed by atoms with Gasteiger partial charge in [0.2, 0.25) is 0 Å². The first-order valence-electron chi connectivity index (χ1n) is 13.4. The summed E-state index contributed by atoms with van der Waals surface area (Å²) < 4.78 is 8.91. The van der Waals surface area contributed by atoms with Crippen molar-refractivity contribution in [2.75, 3.05) is 0 Å². The Morgan fingerprint density at radius 1 is 0.800 bits per heavy atom. The number of nitriles is 1. The van der Waals surface area contributed by atoms with Crippen molar-refractivity contribution < 1.29 is 4.74 Å². The maximum Gasteiger partial charge on any atom is 0.265 e. The van der Waals surface area contributed by atoms with Crippen LogP contribution in [0.1, 0.15) is 23.1 Å². The molecule has 4 aromatic carbocycles. The molecule has 0 fully saturated rings. The van der Waals surface area contributed by atoms with Gasteiger partial charge in [-0.1, -0.05) is 78.9 Å². The summed E-state index contributed by atoms with van der Waals surface area (Å²) >= 11 is 0. The van der Waals surface area contributed by atoms with Crippen LogP contribution in [0, 0.1) is 17.9 Å². The van der Waals surface area contributed by atoms with E-state index in [1.54, 1.807) is 0 Å². The normalized spacial score (nSPS) is 16.9. The fraction of sp³-hybridized carbons (Fsp3) is 0.111. The zero-order valence-corrected chi connectivity index (χ0v) is 21.8. The first-order valence-corrected chi connectivity index (χ1v) is 13.4. The van der Waals surface area contributed by atoms with Crippen molar-refractivity contribution in [3.8, 4) is 11.8 Å². The number of allylic oxidation sites excluding steroid dienone is 3. The molecule has 190 valence electrons. The Balaban J connectivity index is 1.21. The van der Waals surface area contributed by atoms with E-state index in [-0.39, 0.29) is 5.70 Å². The van der Waals surface area contributed by atoms with Crippen LogP contribution in [0.2, 0.25) is 0 Å². The highest BCUT2D eigenvalue weighted by Crippen LogP contribution is 2.43. The highest BCUT2D eigenvalue weighted by Gasteiger charge is 2.42. The van der Waals surface area contributed by atoms with Crippen molar-refractivity contribution in [2.45, 2.75) is 24.9 Å². The average molecular weight is 516 g/mol. The van der Waals surface area contributed by atoms with Gasteiger partial charge in [-0.2, -0.15) is 0 Å². The van der Waals surface area contributed by atoms with E-state index in [1.165, 1.54) is 32.9 Å². The summed E-state index contributed by atoms with van der Waals surface area (Å²) in [5.74, 6) is 0.678. The molecule has 1 aliphatic heterocycles. The van der Waals surface area contributed by atoms with E-state index in [9.17, 15) is 5.26 Å². The molecule has 1 aromatic heterocycles. The third-order valence-corrected chi connectivity index (χ3v) is 8.00. The lowest BCUT2D eigenvalue weighted by molar-refractivity contribution is 0.0108. The molecule has 1 spiro atoms. The van der Waals surface area contributed by atoms with Gasteiger partial charge in [0, 0.05) is 35.7 Å². The predicted molar refractivity (Wildman–Crippen MR) is 159 cm³/mol. The van der Waals surface area contributed by atoms with Crippen molar-refractivity contribution in [1.29, 1.82) is 5.26 Å². The van der Waals surface area contributed by atoms with Gasteiger partial charge >= 0.3 is 0 Å². The first kappa shape index (κ1) is 23.8. The van der Waals surface area contributed by atoms with Crippen LogP contribution in [-0.2, 0) is 17.6 Å². The zero-order valence-electron chi connectivity index (χ0n) is 21.8. The van der Waals surface area contributed by atoms with Gasteiger partial charge in [-0.3, -0.25) is 0 Å². The summed E-state index contributed by atoms with van der Waals surface area (Å²) in [5.41, 5.74) is 7.47. The molecular weight excluding hydrogens is 490 g/mol. The summed E-state index contributed by atoms with van der Waals surface area (Å²) in [6.45, 7) is 7.52. The minimum absolute atomic E-state index is 0.139. The maximum atomic E-state index is 9.60. The summed E-state index contributed by atoms with van der Waals surface area (Å²) in [6, 6.07) is 36.0. The Bertz CT molecular complexity index is 1880. The Hall–Kier alpha value is -5.32. The number of rotatable bonds is 3. The Kier molecular flexibility index (Phi) is 5.62. The molecule has 0 saturated heterocycles. The molecule has 0 amide bonds. The second kappa shape index (κ2) is 9.45. The highest BCUT2D eigenvalue weighted by atomic mass is 16.5. The molecule has 40 heavy (non-hydrogen) atoms. The minimum Gasteiger partial charge on any atom is -0.486 e. The number of benzene rings is 4. The van der Waals surface area contributed by atoms with Crippen molar-refractivity contribution in [3.63, 3.8) is 0 Å². The van der Waals surface area contributed by atoms with Crippen LogP contribution in [0.5, 0.6) is 0 Å². The lowest BCUT2D eigenvalue weighted by atomic mass is 9.87. The number of para-hydroxylation sites is 2.